The van der Waals surface area contributed by atoms with Crippen LogP contribution in [-0.4, -0.2) is 18.0 Å². The first-order valence-electron chi connectivity index (χ1n) is 7.40. The van der Waals surface area contributed by atoms with Gasteiger partial charge in [0, 0.05) is 5.02 Å². The standard InChI is InChI=1S/C18H15ClN2O3S/c1-11-20-10-17(25-11)18(22)21-15-9-12(19)3-8-16(15)24-14-6-4-13(23-2)5-7-14/h3-10H,1-2H3,(H,21,22). The number of hydrogen-bond acceptors (Lipinski definition) is 5. The number of aryl methyl sites for hydroxylation is 1. The second-order valence-electron chi connectivity index (χ2n) is 5.12. The number of halogens is 1. The molecule has 3 rings (SSSR count). The Morgan fingerprint density at radius 1 is 1.16 bits per heavy atom. The van der Waals surface area contributed by atoms with Crippen molar-refractivity contribution in [3.05, 3.63) is 63.6 Å². The summed E-state index contributed by atoms with van der Waals surface area (Å²) >= 11 is 7.38. The number of hydrogen-bond donors (Lipinski definition) is 1. The van der Waals surface area contributed by atoms with E-state index in [1.54, 1.807) is 55.8 Å². The van der Waals surface area contributed by atoms with Crippen LogP contribution < -0.4 is 14.8 Å². The maximum atomic E-state index is 12.4. The van der Waals surface area contributed by atoms with Crippen molar-refractivity contribution in [2.24, 2.45) is 0 Å². The number of benzene rings is 2. The number of thiazole rings is 1. The maximum Gasteiger partial charge on any atom is 0.267 e. The second-order valence-corrected chi connectivity index (χ2v) is 6.79. The Bertz CT molecular complexity index is 894. The number of anilines is 1. The highest BCUT2D eigenvalue weighted by molar-refractivity contribution is 7.13. The topological polar surface area (TPSA) is 60.5 Å². The molecule has 0 spiro atoms. The van der Waals surface area contributed by atoms with Crippen LogP contribution in [0, 0.1) is 6.92 Å². The molecule has 2 aromatic carbocycles. The quantitative estimate of drug-likeness (QED) is 0.670. The van der Waals surface area contributed by atoms with Crippen LogP contribution in [0.25, 0.3) is 0 Å². The van der Waals surface area contributed by atoms with E-state index in [2.05, 4.69) is 10.3 Å². The van der Waals surface area contributed by atoms with Crippen LogP contribution in [0.2, 0.25) is 5.02 Å². The minimum atomic E-state index is -0.257. The molecule has 1 N–H and O–H groups in total. The van der Waals surface area contributed by atoms with Crippen LogP contribution >= 0.6 is 22.9 Å². The summed E-state index contributed by atoms with van der Waals surface area (Å²) in [6, 6.07) is 12.2. The van der Waals surface area contributed by atoms with Crippen LogP contribution in [0.5, 0.6) is 17.2 Å². The molecular formula is C18H15ClN2O3S. The van der Waals surface area contributed by atoms with E-state index in [4.69, 9.17) is 21.1 Å². The van der Waals surface area contributed by atoms with Crippen LogP contribution in [0.15, 0.2) is 48.7 Å². The molecule has 128 valence electrons. The lowest BCUT2D eigenvalue weighted by atomic mass is 10.2. The summed E-state index contributed by atoms with van der Waals surface area (Å²) < 4.78 is 11.0. The largest absolute Gasteiger partial charge is 0.497 e. The van der Waals surface area contributed by atoms with Gasteiger partial charge < -0.3 is 14.8 Å². The van der Waals surface area contributed by atoms with Crippen molar-refractivity contribution in [2.75, 3.05) is 12.4 Å². The average molecular weight is 375 g/mol. The summed E-state index contributed by atoms with van der Waals surface area (Å²) in [6.45, 7) is 1.85. The smallest absolute Gasteiger partial charge is 0.267 e. The summed E-state index contributed by atoms with van der Waals surface area (Å²) in [6.07, 6.45) is 1.55. The molecule has 0 saturated carbocycles. The van der Waals surface area contributed by atoms with Gasteiger partial charge >= 0.3 is 0 Å². The lowest BCUT2D eigenvalue weighted by molar-refractivity contribution is 0.103. The van der Waals surface area contributed by atoms with E-state index in [0.29, 0.717) is 27.1 Å². The Kier molecular flexibility index (Phi) is 5.21. The van der Waals surface area contributed by atoms with Crippen molar-refractivity contribution in [2.45, 2.75) is 6.92 Å². The zero-order chi connectivity index (χ0) is 17.8. The van der Waals surface area contributed by atoms with Gasteiger partial charge in [0.15, 0.2) is 5.75 Å². The molecule has 3 aromatic rings. The third-order valence-corrected chi connectivity index (χ3v) is 4.47. The minimum Gasteiger partial charge on any atom is -0.497 e. The first kappa shape index (κ1) is 17.3. The molecule has 0 atom stereocenters. The van der Waals surface area contributed by atoms with Gasteiger partial charge in [-0.15, -0.1) is 11.3 Å². The zero-order valence-electron chi connectivity index (χ0n) is 13.6. The maximum absolute atomic E-state index is 12.4. The number of amides is 1. The highest BCUT2D eigenvalue weighted by Gasteiger charge is 2.13. The van der Waals surface area contributed by atoms with Gasteiger partial charge in [0.1, 0.15) is 16.4 Å². The number of nitrogens with zero attached hydrogens (tertiary/aromatic N) is 1. The Morgan fingerprint density at radius 3 is 2.52 bits per heavy atom. The molecular weight excluding hydrogens is 360 g/mol. The first-order valence-corrected chi connectivity index (χ1v) is 8.60. The summed E-state index contributed by atoms with van der Waals surface area (Å²) in [5.74, 6) is 1.58. The molecule has 0 fully saturated rings. The number of nitrogens with one attached hydrogen (secondary N) is 1. The molecule has 7 heteroatoms. The predicted octanol–water partition coefficient (Wildman–Crippen LogP) is 5.16. The van der Waals surface area contributed by atoms with Crippen molar-refractivity contribution in [1.29, 1.82) is 0 Å². The van der Waals surface area contributed by atoms with E-state index in [-0.39, 0.29) is 5.91 Å². The molecule has 0 saturated heterocycles. The van der Waals surface area contributed by atoms with E-state index < -0.39 is 0 Å². The fraction of sp³-hybridized carbons (Fsp3) is 0.111. The molecule has 0 radical (unpaired) electrons. The van der Waals surface area contributed by atoms with Crippen LogP contribution in [-0.2, 0) is 0 Å². The molecule has 5 nitrogen and oxygen atoms in total. The van der Waals surface area contributed by atoms with E-state index in [1.165, 1.54) is 11.3 Å². The van der Waals surface area contributed by atoms with E-state index in [9.17, 15) is 4.79 Å². The van der Waals surface area contributed by atoms with Gasteiger partial charge in [0.05, 0.1) is 24.0 Å². The van der Waals surface area contributed by atoms with Crippen molar-refractivity contribution in [1.82, 2.24) is 4.98 Å². The predicted molar refractivity (Wildman–Crippen MR) is 99.3 cm³/mol. The zero-order valence-corrected chi connectivity index (χ0v) is 15.1. The third kappa shape index (κ3) is 4.29. The van der Waals surface area contributed by atoms with E-state index >= 15 is 0 Å². The van der Waals surface area contributed by atoms with Gasteiger partial charge in [-0.1, -0.05) is 11.6 Å². The van der Waals surface area contributed by atoms with Crippen LogP contribution in [0.1, 0.15) is 14.7 Å². The van der Waals surface area contributed by atoms with E-state index in [1.807, 2.05) is 6.92 Å². The minimum absolute atomic E-state index is 0.257. The van der Waals surface area contributed by atoms with E-state index in [0.717, 1.165) is 10.8 Å². The SMILES string of the molecule is COc1ccc(Oc2ccc(Cl)cc2NC(=O)c2cnc(C)s2)cc1. The highest BCUT2D eigenvalue weighted by Crippen LogP contribution is 2.33. The molecule has 25 heavy (non-hydrogen) atoms. The lowest BCUT2D eigenvalue weighted by Gasteiger charge is -2.12. The first-order chi connectivity index (χ1) is 12.0. The Labute approximate surface area is 154 Å². The van der Waals surface area contributed by atoms with Crippen molar-refractivity contribution in [3.63, 3.8) is 0 Å². The number of rotatable bonds is 5. The lowest BCUT2D eigenvalue weighted by Crippen LogP contribution is -2.11. The summed E-state index contributed by atoms with van der Waals surface area (Å²) in [5, 5.41) is 4.14. The van der Waals surface area contributed by atoms with Gasteiger partial charge in [-0.25, -0.2) is 4.98 Å². The molecule has 1 heterocycles. The number of carbonyl (C=O) groups excluding carboxylic acids is 1. The van der Waals surface area contributed by atoms with Gasteiger partial charge in [-0.3, -0.25) is 4.79 Å². The number of aromatic nitrogens is 1. The Balaban J connectivity index is 1.83. The summed E-state index contributed by atoms with van der Waals surface area (Å²) in [4.78, 5) is 17.0. The molecule has 0 unspecified atom stereocenters. The molecule has 0 aliphatic heterocycles. The van der Waals surface area contributed by atoms with Crippen molar-refractivity contribution < 1.29 is 14.3 Å². The average Bonchev–Trinajstić information content (AvgIpc) is 3.04. The molecule has 0 aliphatic carbocycles. The monoisotopic (exact) mass is 374 g/mol. The van der Waals surface area contributed by atoms with Gasteiger partial charge in [0.25, 0.3) is 5.91 Å². The summed E-state index contributed by atoms with van der Waals surface area (Å²) in [5.41, 5.74) is 0.486. The molecule has 1 amide bonds. The normalized spacial score (nSPS) is 10.4. The number of carbonyl (C=O) groups is 1. The van der Waals surface area contributed by atoms with Crippen LogP contribution in [0.3, 0.4) is 0 Å². The number of methoxy groups -OCH3 is 1. The molecule has 0 aliphatic rings. The summed E-state index contributed by atoms with van der Waals surface area (Å²) in [7, 11) is 1.60. The molecule has 1 aromatic heterocycles. The number of ether oxygens (including phenoxy) is 2. The molecule has 0 bridgehead atoms. The van der Waals surface area contributed by atoms with Crippen molar-refractivity contribution in [3.8, 4) is 17.2 Å². The third-order valence-electron chi connectivity index (χ3n) is 3.32. The Hall–Kier alpha value is -2.57. The van der Waals surface area contributed by atoms with Crippen LogP contribution in [0.4, 0.5) is 5.69 Å². The fourth-order valence-electron chi connectivity index (χ4n) is 2.11. The van der Waals surface area contributed by atoms with Crippen molar-refractivity contribution >= 4 is 34.5 Å². The van der Waals surface area contributed by atoms with Gasteiger partial charge in [-0.2, -0.15) is 0 Å². The fourth-order valence-corrected chi connectivity index (χ4v) is 2.95. The van der Waals surface area contributed by atoms with Gasteiger partial charge in [-0.05, 0) is 49.4 Å². The second kappa shape index (κ2) is 7.55. The highest BCUT2D eigenvalue weighted by atomic mass is 35.5. The van der Waals surface area contributed by atoms with Gasteiger partial charge in [0.2, 0.25) is 0 Å². The Morgan fingerprint density at radius 2 is 1.88 bits per heavy atom.